The lowest BCUT2D eigenvalue weighted by molar-refractivity contribution is -0.104. The van der Waals surface area contributed by atoms with Gasteiger partial charge in [-0.05, 0) is 18.2 Å². The van der Waals surface area contributed by atoms with Gasteiger partial charge in [-0.2, -0.15) is 15.0 Å². The van der Waals surface area contributed by atoms with Crippen molar-refractivity contribution in [2.45, 2.75) is 6.43 Å². The third-order valence-electron chi connectivity index (χ3n) is 3.71. The Morgan fingerprint density at radius 1 is 1.34 bits per heavy atom. The predicted octanol–water partition coefficient (Wildman–Crippen LogP) is 3.24. The molecule has 0 unspecified atom stereocenters. The highest BCUT2D eigenvalue weighted by Crippen LogP contribution is 2.36. The Kier molecular flexibility index (Phi) is 8.06. The number of hydrogen-bond acceptors (Lipinski definition) is 7. The number of nitrogens with one attached hydrogen (secondary N) is 1. The normalized spacial score (nSPS) is 12.1. The van der Waals surface area contributed by atoms with Crippen LogP contribution in [0.3, 0.4) is 0 Å². The molecule has 1 N–H and O–H groups in total. The zero-order chi connectivity index (χ0) is 24.0. The number of alkyl halides is 2. The van der Waals surface area contributed by atoms with Crippen molar-refractivity contribution in [3.8, 4) is 17.5 Å². The maximum Gasteiger partial charge on any atom is 0.349 e. The van der Waals surface area contributed by atoms with Crippen LogP contribution in [0, 0.1) is 11.3 Å². The van der Waals surface area contributed by atoms with Crippen molar-refractivity contribution in [3.63, 3.8) is 0 Å². The van der Waals surface area contributed by atoms with Crippen molar-refractivity contribution in [1.29, 1.82) is 5.26 Å². The summed E-state index contributed by atoms with van der Waals surface area (Å²) in [6, 6.07) is 3.87. The molecule has 0 saturated heterocycles. The molecule has 0 aliphatic heterocycles. The molecule has 32 heavy (non-hydrogen) atoms. The highest BCUT2D eigenvalue weighted by atomic mass is 35.5. The number of aldehydes is 1. The Morgan fingerprint density at radius 2 is 1.97 bits per heavy atom. The smallest absolute Gasteiger partial charge is 0.349 e. The molecule has 0 atom stereocenters. The molecule has 166 valence electrons. The first kappa shape index (κ1) is 24.5. The molecule has 0 aliphatic rings. The van der Waals surface area contributed by atoms with Gasteiger partial charge in [0.05, 0.1) is 28.4 Å². The topological polar surface area (TPSA) is 127 Å². The number of H-pyrrole nitrogens is 1. The number of hydrogen-bond donors (Lipinski definition) is 1. The molecular formula is C19H12Cl2F2N4O5. The second kappa shape index (κ2) is 10.5. The van der Waals surface area contributed by atoms with E-state index in [9.17, 15) is 28.4 Å². The molecule has 0 saturated carbocycles. The van der Waals surface area contributed by atoms with Crippen LogP contribution < -0.4 is 16.0 Å². The summed E-state index contributed by atoms with van der Waals surface area (Å²) in [5.74, 6) is -0.569. The first-order chi connectivity index (χ1) is 15.2. The van der Waals surface area contributed by atoms with Gasteiger partial charge in [-0.3, -0.25) is 14.6 Å². The number of rotatable bonds is 8. The molecule has 13 heteroatoms. The zero-order valence-electron chi connectivity index (χ0n) is 16.1. The van der Waals surface area contributed by atoms with Crippen LogP contribution in [-0.4, -0.2) is 28.2 Å². The van der Waals surface area contributed by atoms with Crippen LogP contribution in [-0.2, 0) is 9.53 Å². The monoisotopic (exact) mass is 484 g/mol. The van der Waals surface area contributed by atoms with Crippen LogP contribution in [0.5, 0.6) is 5.75 Å². The van der Waals surface area contributed by atoms with Crippen molar-refractivity contribution in [2.75, 3.05) is 7.11 Å². The molecule has 0 fully saturated rings. The lowest BCUT2D eigenvalue weighted by atomic mass is 10.2. The van der Waals surface area contributed by atoms with E-state index in [2.05, 4.69) is 11.7 Å². The molecule has 2 aromatic rings. The van der Waals surface area contributed by atoms with Gasteiger partial charge in [0, 0.05) is 6.08 Å². The molecule has 0 bridgehead atoms. The number of aromatic amines is 1. The number of carbonyl (C=O) groups is 1. The number of allylic oxidation sites excluding steroid dienone is 4. The van der Waals surface area contributed by atoms with Gasteiger partial charge >= 0.3 is 5.69 Å². The predicted molar refractivity (Wildman–Crippen MR) is 110 cm³/mol. The first-order valence-electron chi connectivity index (χ1n) is 8.33. The number of halogens is 4. The summed E-state index contributed by atoms with van der Waals surface area (Å²) >= 11 is 12.3. The largest absolute Gasteiger partial charge is 0.496 e. The van der Waals surface area contributed by atoms with E-state index in [-0.39, 0.29) is 32.8 Å². The Balaban J connectivity index is 2.56. The molecule has 2 rings (SSSR count). The van der Waals surface area contributed by atoms with E-state index >= 15 is 0 Å². The molecule has 0 spiro atoms. The summed E-state index contributed by atoms with van der Waals surface area (Å²) in [6.45, 7) is 3.47. The minimum absolute atomic E-state index is 0.0635. The lowest BCUT2D eigenvalue weighted by Gasteiger charge is -2.12. The summed E-state index contributed by atoms with van der Waals surface area (Å²) in [5, 5.41) is 12.2. The average molecular weight is 485 g/mol. The SMILES string of the molecule is C=C/C(OC)=C(C=O)\C=C(/C#N)Oc1c(Cl)cc(-n2nc(C(F)F)c(=O)[nH]c2=O)cc1Cl. The van der Waals surface area contributed by atoms with E-state index in [1.807, 2.05) is 0 Å². The highest BCUT2D eigenvalue weighted by Gasteiger charge is 2.19. The molecule has 0 amide bonds. The van der Waals surface area contributed by atoms with Crippen molar-refractivity contribution < 1.29 is 23.0 Å². The van der Waals surface area contributed by atoms with Crippen LogP contribution in [0.2, 0.25) is 10.0 Å². The fourth-order valence-corrected chi connectivity index (χ4v) is 2.87. The zero-order valence-corrected chi connectivity index (χ0v) is 17.6. The van der Waals surface area contributed by atoms with Gasteiger partial charge in [0.15, 0.2) is 17.7 Å². The van der Waals surface area contributed by atoms with Crippen LogP contribution in [0.4, 0.5) is 8.78 Å². The molecular weight excluding hydrogens is 473 g/mol. The van der Waals surface area contributed by atoms with Gasteiger partial charge in [-0.25, -0.2) is 13.6 Å². The Hall–Kier alpha value is -3.75. The third kappa shape index (κ3) is 5.29. The Labute approximate surface area is 188 Å². The Morgan fingerprint density at radius 3 is 2.44 bits per heavy atom. The number of carbonyl (C=O) groups excluding carboxylic acids is 1. The van der Waals surface area contributed by atoms with Crippen LogP contribution >= 0.6 is 23.2 Å². The second-order valence-corrected chi connectivity index (χ2v) is 6.48. The van der Waals surface area contributed by atoms with Crippen LogP contribution in [0.15, 0.2) is 57.5 Å². The van der Waals surface area contributed by atoms with E-state index in [1.165, 1.54) is 13.2 Å². The summed E-state index contributed by atoms with van der Waals surface area (Å²) in [6.07, 6.45) is -0.540. The quantitative estimate of drug-likeness (QED) is 0.200. The number of nitrogens with zero attached hydrogens (tertiary/aromatic N) is 3. The van der Waals surface area contributed by atoms with Crippen LogP contribution in [0.25, 0.3) is 5.69 Å². The maximum atomic E-state index is 13.0. The summed E-state index contributed by atoms with van der Waals surface area (Å²) in [5.41, 5.74) is -3.87. The van der Waals surface area contributed by atoms with Crippen molar-refractivity contribution in [2.24, 2.45) is 0 Å². The Bertz CT molecular complexity index is 1270. The molecule has 1 heterocycles. The van der Waals surface area contributed by atoms with Gasteiger partial charge in [-0.1, -0.05) is 29.8 Å². The minimum Gasteiger partial charge on any atom is -0.496 e. The number of ether oxygens (including phenoxy) is 2. The number of aromatic nitrogens is 3. The number of nitriles is 1. The highest BCUT2D eigenvalue weighted by molar-refractivity contribution is 6.37. The van der Waals surface area contributed by atoms with Crippen molar-refractivity contribution in [1.82, 2.24) is 14.8 Å². The minimum atomic E-state index is -3.24. The third-order valence-corrected chi connectivity index (χ3v) is 4.27. The fraction of sp³-hybridized carbons (Fsp3) is 0.105. The lowest BCUT2D eigenvalue weighted by Crippen LogP contribution is -2.34. The number of methoxy groups -OCH3 is 1. The molecule has 1 aromatic carbocycles. The van der Waals surface area contributed by atoms with E-state index in [0.717, 1.165) is 18.2 Å². The standard InChI is InChI=1S/C19H12Cl2F2N4O5/c1-3-14(31-2)9(8-28)4-11(7-24)32-16-12(20)5-10(6-13(16)21)27-19(30)25-18(29)15(26-27)17(22)23/h3-6,8,17H,1H2,2H3,(H,25,29,30)/b11-4+,14-9-. The van der Waals surface area contributed by atoms with E-state index in [4.69, 9.17) is 32.7 Å². The summed E-state index contributed by atoms with van der Waals surface area (Å²) in [7, 11) is 1.29. The molecule has 0 radical (unpaired) electrons. The van der Waals surface area contributed by atoms with Crippen molar-refractivity contribution >= 4 is 29.5 Å². The molecule has 0 aliphatic carbocycles. The van der Waals surface area contributed by atoms with Gasteiger partial charge < -0.3 is 9.47 Å². The molecule has 9 nitrogen and oxygen atoms in total. The summed E-state index contributed by atoms with van der Waals surface area (Å²) < 4.78 is 36.7. The average Bonchev–Trinajstić information content (AvgIpc) is 2.74. The summed E-state index contributed by atoms with van der Waals surface area (Å²) in [4.78, 5) is 36.4. The van der Waals surface area contributed by atoms with Gasteiger partial charge in [0.2, 0.25) is 5.76 Å². The van der Waals surface area contributed by atoms with E-state index in [1.54, 1.807) is 11.1 Å². The van der Waals surface area contributed by atoms with E-state index in [0.29, 0.717) is 11.0 Å². The van der Waals surface area contributed by atoms with E-state index < -0.39 is 29.1 Å². The van der Waals surface area contributed by atoms with Crippen LogP contribution in [0.1, 0.15) is 12.1 Å². The van der Waals surface area contributed by atoms with Crippen molar-refractivity contribution in [3.05, 3.63) is 84.5 Å². The maximum absolute atomic E-state index is 13.0. The van der Waals surface area contributed by atoms with Gasteiger partial charge in [0.1, 0.15) is 11.8 Å². The van der Waals surface area contributed by atoms with Gasteiger partial charge in [0.25, 0.3) is 12.0 Å². The molecule has 1 aromatic heterocycles. The first-order valence-corrected chi connectivity index (χ1v) is 9.09. The van der Waals surface area contributed by atoms with Gasteiger partial charge in [-0.15, -0.1) is 0 Å². The second-order valence-electron chi connectivity index (χ2n) is 5.66. The number of benzene rings is 1. The fourth-order valence-electron chi connectivity index (χ4n) is 2.31.